The van der Waals surface area contributed by atoms with Gasteiger partial charge in [0.25, 0.3) is 5.91 Å². The Labute approximate surface area is 122 Å². The molecule has 1 aliphatic rings. The predicted octanol–water partition coefficient (Wildman–Crippen LogP) is 3.37. The molecular formula is C17H14FNO2. The number of para-hydroxylation sites is 1. The summed E-state index contributed by atoms with van der Waals surface area (Å²) in [6, 6.07) is 11.2. The molecule has 1 heterocycles. The molecule has 3 nitrogen and oxygen atoms in total. The van der Waals surface area contributed by atoms with Crippen molar-refractivity contribution in [2.75, 3.05) is 11.4 Å². The molecule has 3 rings (SSSR count). The molecule has 0 atom stereocenters. The number of anilines is 1. The zero-order valence-electron chi connectivity index (χ0n) is 11.6. The first kappa shape index (κ1) is 13.5. The molecule has 106 valence electrons. The first-order chi connectivity index (χ1) is 10.1. The average molecular weight is 283 g/mol. The number of carbonyl (C=O) groups excluding carboxylic acids is 2. The molecule has 0 saturated heterocycles. The Bertz CT molecular complexity index is 739. The fourth-order valence-electron chi connectivity index (χ4n) is 2.59. The van der Waals surface area contributed by atoms with Crippen molar-refractivity contribution in [3.63, 3.8) is 0 Å². The van der Waals surface area contributed by atoms with Crippen LogP contribution in [0.3, 0.4) is 0 Å². The summed E-state index contributed by atoms with van der Waals surface area (Å²) in [5.74, 6) is -0.678. The second kappa shape index (κ2) is 5.13. The lowest BCUT2D eigenvalue weighted by Gasteiger charge is -2.29. The van der Waals surface area contributed by atoms with Crippen LogP contribution in [0.4, 0.5) is 10.1 Å². The van der Waals surface area contributed by atoms with E-state index in [-0.39, 0.29) is 18.1 Å². The summed E-state index contributed by atoms with van der Waals surface area (Å²) >= 11 is 0. The molecule has 2 aromatic rings. The van der Waals surface area contributed by atoms with Crippen molar-refractivity contribution >= 4 is 17.4 Å². The van der Waals surface area contributed by atoms with E-state index in [4.69, 9.17) is 0 Å². The lowest BCUT2D eigenvalue weighted by Crippen LogP contribution is -2.37. The molecule has 0 spiro atoms. The molecule has 0 aromatic heterocycles. The molecule has 0 radical (unpaired) electrons. The smallest absolute Gasteiger partial charge is 0.258 e. The Morgan fingerprint density at radius 2 is 1.95 bits per heavy atom. The molecule has 2 aromatic carbocycles. The lowest BCUT2D eigenvalue weighted by atomic mass is 9.98. The number of carbonyl (C=O) groups is 2. The molecular weight excluding hydrogens is 269 g/mol. The predicted molar refractivity (Wildman–Crippen MR) is 78.2 cm³/mol. The van der Waals surface area contributed by atoms with Crippen LogP contribution in [0.5, 0.6) is 0 Å². The minimum atomic E-state index is -0.440. The molecule has 4 heteroatoms. The normalized spacial score (nSPS) is 14.0. The molecule has 1 aliphatic heterocycles. The second-order valence-corrected chi connectivity index (χ2v) is 5.11. The summed E-state index contributed by atoms with van der Waals surface area (Å²) < 4.78 is 13.4. The summed E-state index contributed by atoms with van der Waals surface area (Å²) in [7, 11) is 0. The van der Waals surface area contributed by atoms with E-state index in [1.54, 1.807) is 42.2 Å². The van der Waals surface area contributed by atoms with Crippen LogP contribution in [-0.2, 0) is 0 Å². The summed E-state index contributed by atoms with van der Waals surface area (Å²) in [6.45, 7) is 2.10. The Hall–Kier alpha value is -2.49. The van der Waals surface area contributed by atoms with Gasteiger partial charge in [0.05, 0.1) is 5.69 Å². The number of benzene rings is 2. The fraction of sp³-hybridized carbons (Fsp3) is 0.176. The average Bonchev–Trinajstić information content (AvgIpc) is 2.50. The maximum atomic E-state index is 13.4. The minimum Gasteiger partial charge on any atom is -0.307 e. The number of Topliss-reactive ketones (excluding diaryl/α,β-unsaturated/α-hetero) is 1. The van der Waals surface area contributed by atoms with Gasteiger partial charge in [0, 0.05) is 24.1 Å². The molecule has 0 N–H and O–H groups in total. The number of hydrogen-bond acceptors (Lipinski definition) is 2. The van der Waals surface area contributed by atoms with Crippen molar-refractivity contribution in [3.8, 4) is 0 Å². The van der Waals surface area contributed by atoms with E-state index in [1.165, 1.54) is 12.1 Å². The largest absolute Gasteiger partial charge is 0.307 e. The van der Waals surface area contributed by atoms with Crippen LogP contribution in [0, 0.1) is 12.7 Å². The number of halogens is 1. The van der Waals surface area contributed by atoms with Crippen LogP contribution in [-0.4, -0.2) is 18.2 Å². The Morgan fingerprint density at radius 3 is 2.76 bits per heavy atom. The highest BCUT2D eigenvalue weighted by Gasteiger charge is 2.28. The lowest BCUT2D eigenvalue weighted by molar-refractivity contribution is 0.0954. The molecule has 0 bridgehead atoms. The van der Waals surface area contributed by atoms with Crippen LogP contribution < -0.4 is 4.90 Å². The van der Waals surface area contributed by atoms with Gasteiger partial charge in [-0.3, -0.25) is 9.59 Å². The molecule has 0 fully saturated rings. The van der Waals surface area contributed by atoms with E-state index in [9.17, 15) is 14.0 Å². The summed E-state index contributed by atoms with van der Waals surface area (Å²) in [4.78, 5) is 26.2. The van der Waals surface area contributed by atoms with E-state index >= 15 is 0 Å². The SMILES string of the molecule is Cc1ccc(F)cc1C(=O)N1CCC(=O)c2ccccc21. The zero-order chi connectivity index (χ0) is 15.0. The number of fused-ring (bicyclic) bond motifs is 1. The van der Waals surface area contributed by atoms with Crippen molar-refractivity contribution < 1.29 is 14.0 Å². The van der Waals surface area contributed by atoms with Crippen molar-refractivity contribution in [2.45, 2.75) is 13.3 Å². The van der Waals surface area contributed by atoms with Gasteiger partial charge in [0.15, 0.2) is 5.78 Å². The second-order valence-electron chi connectivity index (χ2n) is 5.11. The van der Waals surface area contributed by atoms with Gasteiger partial charge in [-0.1, -0.05) is 18.2 Å². The third-order valence-corrected chi connectivity index (χ3v) is 3.73. The Kier molecular flexibility index (Phi) is 3.29. The van der Waals surface area contributed by atoms with Gasteiger partial charge in [-0.05, 0) is 36.8 Å². The van der Waals surface area contributed by atoms with Crippen molar-refractivity contribution in [2.24, 2.45) is 0 Å². The minimum absolute atomic E-state index is 0.0330. The molecule has 0 unspecified atom stereocenters. The number of nitrogens with zero attached hydrogens (tertiary/aromatic N) is 1. The topological polar surface area (TPSA) is 37.4 Å². The number of rotatable bonds is 1. The zero-order valence-corrected chi connectivity index (χ0v) is 11.6. The third-order valence-electron chi connectivity index (χ3n) is 3.73. The summed E-state index contributed by atoms with van der Waals surface area (Å²) in [6.07, 6.45) is 0.289. The first-order valence-corrected chi connectivity index (χ1v) is 6.78. The van der Waals surface area contributed by atoms with Gasteiger partial charge >= 0.3 is 0 Å². The molecule has 0 saturated carbocycles. The molecule has 0 aliphatic carbocycles. The van der Waals surface area contributed by atoms with Gasteiger partial charge in [-0.25, -0.2) is 4.39 Å². The third kappa shape index (κ3) is 2.33. The number of amides is 1. The highest BCUT2D eigenvalue weighted by molar-refractivity contribution is 6.13. The Balaban J connectivity index is 2.05. The van der Waals surface area contributed by atoms with Crippen LogP contribution in [0.15, 0.2) is 42.5 Å². The number of hydrogen-bond donors (Lipinski definition) is 0. The van der Waals surface area contributed by atoms with Crippen molar-refractivity contribution in [3.05, 3.63) is 65.0 Å². The quantitative estimate of drug-likeness (QED) is 0.804. The molecule has 1 amide bonds. The van der Waals surface area contributed by atoms with E-state index in [1.807, 2.05) is 0 Å². The van der Waals surface area contributed by atoms with Crippen LogP contribution >= 0.6 is 0 Å². The van der Waals surface area contributed by atoms with E-state index in [0.717, 1.165) is 5.56 Å². The Morgan fingerprint density at radius 1 is 1.19 bits per heavy atom. The van der Waals surface area contributed by atoms with Crippen LogP contribution in [0.2, 0.25) is 0 Å². The van der Waals surface area contributed by atoms with Gasteiger partial charge in [-0.2, -0.15) is 0 Å². The maximum Gasteiger partial charge on any atom is 0.258 e. The summed E-state index contributed by atoms with van der Waals surface area (Å²) in [5, 5.41) is 0. The fourth-order valence-corrected chi connectivity index (χ4v) is 2.59. The standard InChI is InChI=1S/C17H14FNO2/c1-11-6-7-12(18)10-14(11)17(21)19-9-8-16(20)13-4-2-3-5-15(13)19/h2-7,10H,8-9H2,1H3. The first-order valence-electron chi connectivity index (χ1n) is 6.78. The number of ketones is 1. The van der Waals surface area contributed by atoms with E-state index in [0.29, 0.717) is 23.4 Å². The van der Waals surface area contributed by atoms with Crippen LogP contribution in [0.25, 0.3) is 0 Å². The maximum absolute atomic E-state index is 13.4. The van der Waals surface area contributed by atoms with Crippen LogP contribution in [0.1, 0.15) is 32.7 Å². The van der Waals surface area contributed by atoms with Gasteiger partial charge in [0.2, 0.25) is 0 Å². The highest BCUT2D eigenvalue weighted by Crippen LogP contribution is 2.28. The van der Waals surface area contributed by atoms with Crippen molar-refractivity contribution in [1.82, 2.24) is 0 Å². The van der Waals surface area contributed by atoms with E-state index < -0.39 is 5.82 Å². The van der Waals surface area contributed by atoms with Gasteiger partial charge < -0.3 is 4.90 Å². The number of aryl methyl sites for hydroxylation is 1. The van der Waals surface area contributed by atoms with Gasteiger partial charge in [0.1, 0.15) is 5.82 Å². The van der Waals surface area contributed by atoms with Gasteiger partial charge in [-0.15, -0.1) is 0 Å². The van der Waals surface area contributed by atoms with E-state index in [2.05, 4.69) is 0 Å². The monoisotopic (exact) mass is 283 g/mol. The highest BCUT2D eigenvalue weighted by atomic mass is 19.1. The summed E-state index contributed by atoms with van der Waals surface area (Å²) in [5.41, 5.74) is 2.20. The molecule has 21 heavy (non-hydrogen) atoms. The van der Waals surface area contributed by atoms with Crippen molar-refractivity contribution in [1.29, 1.82) is 0 Å².